The van der Waals surface area contributed by atoms with E-state index < -0.39 is 0 Å². The molecule has 0 saturated carbocycles. The third-order valence-corrected chi connectivity index (χ3v) is 5.14. The lowest BCUT2D eigenvalue weighted by atomic mass is 10.1. The summed E-state index contributed by atoms with van der Waals surface area (Å²) in [5, 5.41) is 9.96. The number of fused-ring (bicyclic) bond motifs is 1. The lowest BCUT2D eigenvalue weighted by molar-refractivity contribution is 0.102. The van der Waals surface area contributed by atoms with Gasteiger partial charge in [0.15, 0.2) is 0 Å². The molecule has 7 heteroatoms. The summed E-state index contributed by atoms with van der Waals surface area (Å²) in [4.78, 5) is 21.6. The monoisotopic (exact) mass is 449 g/mol. The minimum absolute atomic E-state index is 0.293. The highest BCUT2D eigenvalue weighted by Gasteiger charge is 2.10. The molecule has 0 bridgehead atoms. The van der Waals surface area contributed by atoms with Crippen molar-refractivity contribution in [2.24, 2.45) is 0 Å². The number of rotatable bonds is 6. The van der Waals surface area contributed by atoms with Crippen LogP contribution in [0.3, 0.4) is 0 Å². The first-order valence-electron chi connectivity index (χ1n) is 10.7. The molecular formula is C27H20FN5O. The molecule has 5 aromatic rings. The van der Waals surface area contributed by atoms with Crippen molar-refractivity contribution in [2.75, 3.05) is 16.0 Å². The molecule has 34 heavy (non-hydrogen) atoms. The Labute approximate surface area is 195 Å². The Morgan fingerprint density at radius 3 is 2.41 bits per heavy atom. The van der Waals surface area contributed by atoms with Crippen molar-refractivity contribution in [1.29, 1.82) is 0 Å². The number of carbonyl (C=O) groups excluding carboxylic acids is 1. The van der Waals surface area contributed by atoms with Gasteiger partial charge in [-0.15, -0.1) is 0 Å². The van der Waals surface area contributed by atoms with Gasteiger partial charge in [-0.25, -0.2) is 9.37 Å². The third-order valence-electron chi connectivity index (χ3n) is 5.14. The summed E-state index contributed by atoms with van der Waals surface area (Å²) in [6, 6.07) is 28.3. The van der Waals surface area contributed by atoms with Gasteiger partial charge >= 0.3 is 0 Å². The molecule has 0 atom stereocenters. The van der Waals surface area contributed by atoms with Gasteiger partial charge in [-0.3, -0.25) is 9.78 Å². The summed E-state index contributed by atoms with van der Waals surface area (Å²) in [6.07, 6.45) is 1.65. The molecular weight excluding hydrogens is 429 g/mol. The van der Waals surface area contributed by atoms with Gasteiger partial charge in [0.1, 0.15) is 17.5 Å². The molecule has 5 rings (SSSR count). The second-order valence-electron chi connectivity index (χ2n) is 7.58. The number of nitrogens with one attached hydrogen (secondary N) is 3. The number of pyridine rings is 2. The average Bonchev–Trinajstić information content (AvgIpc) is 2.85. The topological polar surface area (TPSA) is 78.9 Å². The summed E-state index contributed by atoms with van der Waals surface area (Å²) in [5.41, 5.74) is 3.43. The van der Waals surface area contributed by atoms with Gasteiger partial charge < -0.3 is 16.0 Å². The van der Waals surface area contributed by atoms with Crippen LogP contribution in [0, 0.1) is 5.82 Å². The van der Waals surface area contributed by atoms with E-state index in [0.717, 1.165) is 5.69 Å². The maximum absolute atomic E-state index is 13.8. The molecule has 2 heterocycles. The molecule has 0 spiro atoms. The zero-order valence-electron chi connectivity index (χ0n) is 18.0. The Hall–Kier alpha value is -4.78. The Bertz CT molecular complexity index is 1470. The van der Waals surface area contributed by atoms with Crippen molar-refractivity contribution in [2.45, 2.75) is 0 Å². The highest BCUT2D eigenvalue weighted by atomic mass is 19.1. The van der Waals surface area contributed by atoms with Gasteiger partial charge in [0.2, 0.25) is 0 Å². The van der Waals surface area contributed by atoms with Crippen LogP contribution >= 0.6 is 0 Å². The highest BCUT2D eigenvalue weighted by Crippen LogP contribution is 2.26. The van der Waals surface area contributed by atoms with Crippen LogP contribution in [-0.4, -0.2) is 15.9 Å². The van der Waals surface area contributed by atoms with E-state index in [4.69, 9.17) is 0 Å². The first kappa shape index (κ1) is 21.1. The zero-order chi connectivity index (χ0) is 23.3. The Morgan fingerprint density at radius 2 is 1.53 bits per heavy atom. The van der Waals surface area contributed by atoms with Crippen LogP contribution in [-0.2, 0) is 0 Å². The number of hydrogen-bond donors (Lipinski definition) is 3. The summed E-state index contributed by atoms with van der Waals surface area (Å²) in [7, 11) is 0. The summed E-state index contributed by atoms with van der Waals surface area (Å²) in [5.74, 6) is 0.419. The number of aromatic nitrogens is 2. The first-order chi connectivity index (χ1) is 16.6. The molecule has 0 fully saturated rings. The largest absolute Gasteiger partial charge is 0.355 e. The number of benzene rings is 3. The summed E-state index contributed by atoms with van der Waals surface area (Å²) >= 11 is 0. The van der Waals surface area contributed by atoms with Crippen molar-refractivity contribution in [1.82, 2.24) is 9.97 Å². The number of para-hydroxylation sites is 1. The molecule has 6 nitrogen and oxygen atoms in total. The maximum Gasteiger partial charge on any atom is 0.256 e. The quantitative estimate of drug-likeness (QED) is 0.275. The average molecular weight is 449 g/mol. The lowest BCUT2D eigenvalue weighted by Gasteiger charge is -2.11. The van der Waals surface area contributed by atoms with E-state index in [1.165, 1.54) is 12.1 Å². The number of halogens is 1. The predicted molar refractivity (Wildman–Crippen MR) is 133 cm³/mol. The fourth-order valence-electron chi connectivity index (χ4n) is 3.55. The Balaban J connectivity index is 1.33. The molecule has 0 saturated heterocycles. The van der Waals surface area contributed by atoms with Gasteiger partial charge in [-0.1, -0.05) is 30.3 Å². The second kappa shape index (κ2) is 9.38. The van der Waals surface area contributed by atoms with Crippen molar-refractivity contribution in [3.05, 3.63) is 115 Å². The van der Waals surface area contributed by atoms with Crippen LogP contribution in [0.5, 0.6) is 0 Å². The van der Waals surface area contributed by atoms with Crippen LogP contribution in [0.25, 0.3) is 10.9 Å². The molecule has 0 radical (unpaired) electrons. The Morgan fingerprint density at radius 1 is 0.735 bits per heavy atom. The highest BCUT2D eigenvalue weighted by molar-refractivity contribution is 6.04. The van der Waals surface area contributed by atoms with E-state index in [1.54, 1.807) is 42.6 Å². The van der Waals surface area contributed by atoms with Crippen molar-refractivity contribution >= 4 is 45.5 Å². The minimum atomic E-state index is -0.340. The van der Waals surface area contributed by atoms with Crippen LogP contribution in [0.2, 0.25) is 0 Å². The summed E-state index contributed by atoms with van der Waals surface area (Å²) in [6.45, 7) is 0. The van der Waals surface area contributed by atoms with E-state index in [1.807, 2.05) is 48.5 Å². The van der Waals surface area contributed by atoms with Gasteiger partial charge in [-0.2, -0.15) is 0 Å². The zero-order valence-corrected chi connectivity index (χ0v) is 18.0. The van der Waals surface area contributed by atoms with Crippen LogP contribution in [0.15, 0.2) is 103 Å². The Kier molecular flexibility index (Phi) is 5.82. The van der Waals surface area contributed by atoms with E-state index in [-0.39, 0.29) is 11.7 Å². The fourth-order valence-corrected chi connectivity index (χ4v) is 3.55. The van der Waals surface area contributed by atoms with Gasteiger partial charge in [0.25, 0.3) is 5.91 Å². The second-order valence-corrected chi connectivity index (χ2v) is 7.58. The smallest absolute Gasteiger partial charge is 0.256 e. The molecule has 166 valence electrons. The van der Waals surface area contributed by atoms with Crippen LogP contribution < -0.4 is 16.0 Å². The molecule has 1 amide bonds. The number of amides is 1. The first-order valence-corrected chi connectivity index (χ1v) is 10.7. The van der Waals surface area contributed by atoms with E-state index in [0.29, 0.717) is 39.5 Å². The van der Waals surface area contributed by atoms with E-state index >= 15 is 0 Å². The SMILES string of the molecule is O=C(Nc1cccc(Nc2ccccc2)n1)c1cccc(Nc2ccnc3ccc(F)cc23)c1. The molecule has 0 aliphatic heterocycles. The molecule has 3 N–H and O–H groups in total. The fraction of sp³-hybridized carbons (Fsp3) is 0. The van der Waals surface area contributed by atoms with Gasteiger partial charge in [0.05, 0.1) is 5.52 Å². The lowest BCUT2D eigenvalue weighted by Crippen LogP contribution is -2.13. The van der Waals surface area contributed by atoms with Gasteiger partial charge in [0, 0.05) is 34.2 Å². The number of anilines is 5. The van der Waals surface area contributed by atoms with E-state index in [2.05, 4.69) is 25.9 Å². The standard InChI is InChI=1S/C27H20FN5O/c28-19-12-13-23-22(17-19)24(14-15-29-23)30-21-9-4-6-18(16-21)27(34)33-26-11-5-10-25(32-26)31-20-7-2-1-3-8-20/h1-17H,(H,29,30)(H2,31,32,33,34). The molecule has 0 unspecified atom stereocenters. The molecule has 3 aromatic carbocycles. The van der Waals surface area contributed by atoms with Crippen LogP contribution in [0.4, 0.5) is 33.1 Å². The molecule has 2 aromatic heterocycles. The van der Waals surface area contributed by atoms with E-state index in [9.17, 15) is 9.18 Å². The van der Waals surface area contributed by atoms with Crippen molar-refractivity contribution in [3.63, 3.8) is 0 Å². The minimum Gasteiger partial charge on any atom is -0.355 e. The summed E-state index contributed by atoms with van der Waals surface area (Å²) < 4.78 is 13.8. The number of carbonyl (C=O) groups is 1. The van der Waals surface area contributed by atoms with Crippen molar-refractivity contribution < 1.29 is 9.18 Å². The third kappa shape index (κ3) is 4.83. The van der Waals surface area contributed by atoms with Gasteiger partial charge in [-0.05, 0) is 66.7 Å². The number of hydrogen-bond acceptors (Lipinski definition) is 5. The molecule has 0 aliphatic rings. The van der Waals surface area contributed by atoms with Crippen LogP contribution in [0.1, 0.15) is 10.4 Å². The predicted octanol–water partition coefficient (Wildman–Crippen LogP) is 6.51. The maximum atomic E-state index is 13.8. The molecule has 0 aliphatic carbocycles. The van der Waals surface area contributed by atoms with Crippen molar-refractivity contribution in [3.8, 4) is 0 Å². The number of nitrogens with zero attached hydrogens (tertiary/aromatic N) is 2. The normalized spacial score (nSPS) is 10.6.